The van der Waals surface area contributed by atoms with Gasteiger partial charge in [0, 0.05) is 24.4 Å². The van der Waals surface area contributed by atoms with Gasteiger partial charge in [-0.15, -0.1) is 0 Å². The molecule has 2 aromatic heterocycles. The zero-order chi connectivity index (χ0) is 22.6. The highest BCUT2D eigenvalue weighted by molar-refractivity contribution is 7.71. The van der Waals surface area contributed by atoms with E-state index in [9.17, 15) is 9.59 Å². The Morgan fingerprint density at radius 1 is 0.935 bits per heavy atom. The number of rotatable bonds is 13. The predicted octanol–water partition coefficient (Wildman–Crippen LogP) is 6.79. The van der Waals surface area contributed by atoms with Gasteiger partial charge in [0.25, 0.3) is 0 Å². The second-order valence-corrected chi connectivity index (χ2v) is 8.67. The summed E-state index contributed by atoms with van der Waals surface area (Å²) in [5.74, 6) is -0.382. The van der Waals surface area contributed by atoms with Crippen molar-refractivity contribution in [3.05, 3.63) is 34.6 Å². The van der Waals surface area contributed by atoms with Crippen molar-refractivity contribution >= 4 is 35.1 Å². The fourth-order valence-corrected chi connectivity index (χ4v) is 4.00. The molecule has 0 bridgehead atoms. The standard InChI is InChI=1S/C25H37N3O2S/c1-4-6-8-10-12-16-22(29)27(23(30)17-13-11-9-7-5-2)28-24-21(15-14-18-26-24)19-20(3)25(28)31/h14-15,18-19H,4-13,16-17H2,1-3H3. The number of carbonyl (C=O) groups excluding carboxylic acids is 2. The van der Waals surface area contributed by atoms with Crippen LogP contribution >= 0.6 is 12.2 Å². The van der Waals surface area contributed by atoms with E-state index in [1.807, 2.05) is 25.1 Å². The van der Waals surface area contributed by atoms with Crippen LogP contribution in [0, 0.1) is 11.6 Å². The first-order valence-corrected chi connectivity index (χ1v) is 12.3. The first-order chi connectivity index (χ1) is 15.0. The summed E-state index contributed by atoms with van der Waals surface area (Å²) in [6, 6.07) is 5.75. The van der Waals surface area contributed by atoms with Crippen molar-refractivity contribution in [2.24, 2.45) is 0 Å². The van der Waals surface area contributed by atoms with E-state index in [0.717, 1.165) is 62.3 Å². The van der Waals surface area contributed by atoms with Gasteiger partial charge in [-0.3, -0.25) is 9.59 Å². The molecule has 2 amide bonds. The third kappa shape index (κ3) is 7.23. The quantitative estimate of drug-likeness (QED) is 0.253. The van der Waals surface area contributed by atoms with E-state index in [1.54, 1.807) is 10.9 Å². The molecule has 0 aliphatic carbocycles. The Bertz CT molecular complexity index is 897. The zero-order valence-electron chi connectivity index (χ0n) is 19.4. The molecule has 0 aliphatic heterocycles. The summed E-state index contributed by atoms with van der Waals surface area (Å²) in [6.07, 6.45) is 12.8. The number of fused-ring (bicyclic) bond motifs is 1. The normalized spacial score (nSPS) is 11.1. The van der Waals surface area contributed by atoms with Gasteiger partial charge in [-0.1, -0.05) is 77.4 Å². The zero-order valence-corrected chi connectivity index (χ0v) is 20.2. The molecule has 0 fully saturated rings. The highest BCUT2D eigenvalue weighted by Gasteiger charge is 2.25. The van der Waals surface area contributed by atoms with Gasteiger partial charge in [0.1, 0.15) is 4.64 Å². The molecule has 31 heavy (non-hydrogen) atoms. The van der Waals surface area contributed by atoms with E-state index in [4.69, 9.17) is 12.2 Å². The molecular formula is C25H37N3O2S. The summed E-state index contributed by atoms with van der Waals surface area (Å²) in [6.45, 7) is 6.25. The summed E-state index contributed by atoms with van der Waals surface area (Å²) in [4.78, 5) is 31.0. The van der Waals surface area contributed by atoms with Crippen LogP contribution in [0.15, 0.2) is 24.4 Å². The predicted molar refractivity (Wildman–Crippen MR) is 130 cm³/mol. The Labute approximate surface area is 191 Å². The Balaban J connectivity index is 2.30. The van der Waals surface area contributed by atoms with Crippen LogP contribution in [0.3, 0.4) is 0 Å². The molecule has 0 N–H and O–H groups in total. The van der Waals surface area contributed by atoms with Crippen LogP contribution in [-0.2, 0) is 9.59 Å². The summed E-state index contributed by atoms with van der Waals surface area (Å²) < 4.78 is 2.04. The van der Waals surface area contributed by atoms with Crippen LogP contribution in [0.1, 0.15) is 96.5 Å². The monoisotopic (exact) mass is 443 g/mol. The minimum atomic E-state index is -0.191. The van der Waals surface area contributed by atoms with E-state index in [-0.39, 0.29) is 11.8 Å². The number of aromatic nitrogens is 2. The third-order valence-corrected chi connectivity index (χ3v) is 6.07. The van der Waals surface area contributed by atoms with Crippen molar-refractivity contribution in [3.8, 4) is 0 Å². The van der Waals surface area contributed by atoms with Gasteiger partial charge in [-0.2, -0.15) is 5.01 Å². The lowest BCUT2D eigenvalue weighted by molar-refractivity contribution is -0.129. The van der Waals surface area contributed by atoms with Crippen molar-refractivity contribution in [2.75, 3.05) is 5.01 Å². The molecule has 6 heteroatoms. The molecule has 0 saturated heterocycles. The number of hydrogen-bond donors (Lipinski definition) is 0. The SMILES string of the molecule is CCCCCCCC(=O)N(C(=O)CCCCCCC)n1c(=S)c(C)cc2cccnc21. The third-order valence-electron chi connectivity index (χ3n) is 5.58. The van der Waals surface area contributed by atoms with Gasteiger partial charge in [0.2, 0.25) is 11.8 Å². The average molecular weight is 444 g/mol. The minimum absolute atomic E-state index is 0.191. The molecule has 0 atom stereocenters. The Hall–Kier alpha value is -2.08. The number of imide groups is 1. The summed E-state index contributed by atoms with van der Waals surface area (Å²) in [5, 5.41) is 2.15. The van der Waals surface area contributed by atoms with Crippen molar-refractivity contribution in [3.63, 3.8) is 0 Å². The van der Waals surface area contributed by atoms with Crippen molar-refractivity contribution in [2.45, 2.75) is 97.8 Å². The smallest absolute Gasteiger partial charge is 0.248 e. The molecule has 0 aromatic carbocycles. The maximum absolute atomic E-state index is 13.3. The van der Waals surface area contributed by atoms with Crippen LogP contribution < -0.4 is 5.01 Å². The second-order valence-electron chi connectivity index (χ2n) is 8.29. The molecule has 0 saturated carbocycles. The fourth-order valence-electron chi connectivity index (χ4n) is 3.78. The molecule has 2 heterocycles. The first-order valence-electron chi connectivity index (χ1n) is 11.8. The number of aryl methyl sites for hydroxylation is 1. The number of nitrogens with zero attached hydrogens (tertiary/aromatic N) is 3. The van der Waals surface area contributed by atoms with Crippen LogP contribution in [-0.4, -0.2) is 21.5 Å². The van der Waals surface area contributed by atoms with E-state index >= 15 is 0 Å². The summed E-state index contributed by atoms with van der Waals surface area (Å²) in [7, 11) is 0. The summed E-state index contributed by atoms with van der Waals surface area (Å²) >= 11 is 5.65. The summed E-state index contributed by atoms with van der Waals surface area (Å²) in [5.41, 5.74) is 1.41. The number of amides is 2. The van der Waals surface area contributed by atoms with Gasteiger partial charge in [-0.25, -0.2) is 9.66 Å². The van der Waals surface area contributed by atoms with Gasteiger partial charge in [-0.05, 0) is 43.5 Å². The van der Waals surface area contributed by atoms with Gasteiger partial charge >= 0.3 is 0 Å². The van der Waals surface area contributed by atoms with Crippen molar-refractivity contribution < 1.29 is 9.59 Å². The molecule has 0 radical (unpaired) electrons. The molecular weight excluding hydrogens is 406 g/mol. The highest BCUT2D eigenvalue weighted by Crippen LogP contribution is 2.19. The lowest BCUT2D eigenvalue weighted by atomic mass is 10.1. The highest BCUT2D eigenvalue weighted by atomic mass is 32.1. The van der Waals surface area contributed by atoms with Crippen molar-refractivity contribution in [1.29, 1.82) is 0 Å². The minimum Gasteiger partial charge on any atom is -0.273 e. The lowest BCUT2D eigenvalue weighted by Crippen LogP contribution is -2.46. The van der Waals surface area contributed by atoms with Gasteiger partial charge in [0.05, 0.1) is 0 Å². The molecule has 170 valence electrons. The largest absolute Gasteiger partial charge is 0.273 e. The van der Waals surface area contributed by atoms with Crippen molar-refractivity contribution in [1.82, 2.24) is 9.66 Å². The maximum atomic E-state index is 13.3. The second kappa shape index (κ2) is 13.4. The number of pyridine rings is 2. The Morgan fingerprint density at radius 3 is 2.03 bits per heavy atom. The molecule has 5 nitrogen and oxygen atoms in total. The van der Waals surface area contributed by atoms with Crippen LogP contribution in [0.4, 0.5) is 0 Å². The Morgan fingerprint density at radius 2 is 1.48 bits per heavy atom. The molecule has 2 rings (SSSR count). The number of carbonyl (C=O) groups is 2. The van der Waals surface area contributed by atoms with Gasteiger partial charge < -0.3 is 0 Å². The maximum Gasteiger partial charge on any atom is 0.248 e. The van der Waals surface area contributed by atoms with Gasteiger partial charge in [0.15, 0.2) is 5.65 Å². The first kappa shape index (κ1) is 25.2. The van der Waals surface area contributed by atoms with Crippen LogP contribution in [0.25, 0.3) is 11.0 Å². The fraction of sp³-hybridized carbons (Fsp3) is 0.600. The molecule has 0 unspecified atom stereocenters. The van der Waals surface area contributed by atoms with E-state index < -0.39 is 0 Å². The molecule has 0 spiro atoms. The topological polar surface area (TPSA) is 55.2 Å². The van der Waals surface area contributed by atoms with Crippen LogP contribution in [0.5, 0.6) is 0 Å². The molecule has 2 aromatic rings. The number of unbranched alkanes of at least 4 members (excludes halogenated alkanes) is 8. The van der Waals surface area contributed by atoms with E-state index in [2.05, 4.69) is 18.8 Å². The molecule has 0 aliphatic rings. The lowest BCUT2D eigenvalue weighted by Gasteiger charge is -2.25. The number of hydrogen-bond acceptors (Lipinski definition) is 4. The van der Waals surface area contributed by atoms with E-state index in [0.29, 0.717) is 23.1 Å². The average Bonchev–Trinajstić information content (AvgIpc) is 2.76. The van der Waals surface area contributed by atoms with E-state index in [1.165, 1.54) is 17.9 Å². The van der Waals surface area contributed by atoms with Crippen LogP contribution in [0.2, 0.25) is 0 Å². The Kier molecular flexibility index (Phi) is 10.9.